The first-order valence-electron chi connectivity index (χ1n) is 9.03. The van der Waals surface area contributed by atoms with Crippen molar-refractivity contribution in [2.45, 2.75) is 27.7 Å². The van der Waals surface area contributed by atoms with Gasteiger partial charge in [0.25, 0.3) is 0 Å². The normalized spacial score (nSPS) is 15.0. The smallest absolute Gasteiger partial charge is 0.410 e. The molecule has 1 aromatic rings. The molecule has 144 valence electrons. The summed E-state index contributed by atoms with van der Waals surface area (Å²) < 4.78 is 10.1. The van der Waals surface area contributed by atoms with Crippen molar-refractivity contribution in [1.29, 1.82) is 0 Å². The molecule has 0 radical (unpaired) electrons. The molecule has 1 fully saturated rings. The molecule has 0 spiro atoms. The summed E-state index contributed by atoms with van der Waals surface area (Å²) in [4.78, 5) is 42.6. The Bertz CT molecular complexity index is 675. The zero-order valence-corrected chi connectivity index (χ0v) is 15.9. The van der Waals surface area contributed by atoms with E-state index in [1.54, 1.807) is 32.6 Å². The molecule has 8 heteroatoms. The lowest BCUT2D eigenvalue weighted by molar-refractivity contribution is -0.895. The highest BCUT2D eigenvalue weighted by Crippen LogP contribution is 2.19. The Morgan fingerprint density at radius 1 is 1.00 bits per heavy atom. The van der Waals surface area contributed by atoms with Crippen LogP contribution >= 0.6 is 0 Å². The van der Waals surface area contributed by atoms with E-state index in [9.17, 15) is 14.4 Å². The van der Waals surface area contributed by atoms with Crippen LogP contribution in [0.5, 0.6) is 0 Å². The molecule has 2 rings (SSSR count). The van der Waals surface area contributed by atoms with Gasteiger partial charge in [0.1, 0.15) is 6.54 Å². The Hall–Kier alpha value is -2.35. The molecule has 0 bridgehead atoms. The standard InChI is InChI=1S/C18H27N3O5/c1-5-25-17(23)16-13(4)19-12(3)15(16)14(22)11-20-7-9-21(10-8-20)18(24)26-6-2/h19H,5-11H2,1-4H3/p+1. The molecule has 0 unspecified atom stereocenters. The number of piperazine rings is 1. The second-order valence-corrected chi connectivity index (χ2v) is 6.38. The predicted octanol–water partition coefficient (Wildman–Crippen LogP) is 0.348. The third-order valence-corrected chi connectivity index (χ3v) is 4.54. The molecule has 1 aromatic heterocycles. The molecule has 2 heterocycles. The Labute approximate surface area is 153 Å². The van der Waals surface area contributed by atoms with Crippen LogP contribution < -0.4 is 4.90 Å². The van der Waals surface area contributed by atoms with E-state index in [0.717, 1.165) is 4.90 Å². The lowest BCUT2D eigenvalue weighted by Gasteiger charge is -2.31. The Morgan fingerprint density at radius 3 is 2.15 bits per heavy atom. The van der Waals surface area contributed by atoms with Crippen molar-refractivity contribution in [3.8, 4) is 0 Å². The summed E-state index contributed by atoms with van der Waals surface area (Å²) >= 11 is 0. The second kappa shape index (κ2) is 8.84. The van der Waals surface area contributed by atoms with E-state index in [4.69, 9.17) is 9.47 Å². The van der Waals surface area contributed by atoms with Crippen molar-refractivity contribution in [1.82, 2.24) is 9.88 Å². The summed E-state index contributed by atoms with van der Waals surface area (Å²) in [6.45, 7) is 10.4. The molecular formula is C18H28N3O5+. The van der Waals surface area contributed by atoms with Gasteiger partial charge >= 0.3 is 12.1 Å². The maximum Gasteiger partial charge on any atom is 0.410 e. The van der Waals surface area contributed by atoms with Crippen molar-refractivity contribution in [3.05, 3.63) is 22.5 Å². The molecule has 8 nitrogen and oxygen atoms in total. The molecule has 2 N–H and O–H groups in total. The number of aromatic nitrogens is 1. The number of amides is 1. The van der Waals surface area contributed by atoms with Gasteiger partial charge in [0.15, 0.2) is 0 Å². The van der Waals surface area contributed by atoms with E-state index in [2.05, 4.69) is 4.98 Å². The number of rotatable bonds is 6. The molecule has 26 heavy (non-hydrogen) atoms. The summed E-state index contributed by atoms with van der Waals surface area (Å²) in [6.07, 6.45) is -0.306. The maximum absolute atomic E-state index is 12.8. The van der Waals surface area contributed by atoms with Crippen LogP contribution in [-0.2, 0) is 9.47 Å². The first kappa shape index (κ1) is 20.0. The van der Waals surface area contributed by atoms with Gasteiger partial charge in [0.05, 0.1) is 50.5 Å². The van der Waals surface area contributed by atoms with Crippen LogP contribution in [0.2, 0.25) is 0 Å². The first-order valence-corrected chi connectivity index (χ1v) is 9.03. The highest BCUT2D eigenvalue weighted by molar-refractivity contribution is 6.08. The summed E-state index contributed by atoms with van der Waals surface area (Å²) in [6, 6.07) is 0. The van der Waals surface area contributed by atoms with Gasteiger partial charge < -0.3 is 19.4 Å². The van der Waals surface area contributed by atoms with Crippen LogP contribution in [0.4, 0.5) is 4.79 Å². The number of aryl methyl sites for hydroxylation is 2. The van der Waals surface area contributed by atoms with Gasteiger partial charge in [-0.3, -0.25) is 9.69 Å². The largest absolute Gasteiger partial charge is 0.462 e. The summed E-state index contributed by atoms with van der Waals surface area (Å²) in [5.74, 6) is -0.561. The van der Waals surface area contributed by atoms with E-state index >= 15 is 0 Å². The zero-order valence-electron chi connectivity index (χ0n) is 15.9. The van der Waals surface area contributed by atoms with Crippen molar-refractivity contribution < 1.29 is 28.8 Å². The third-order valence-electron chi connectivity index (χ3n) is 4.54. The van der Waals surface area contributed by atoms with Crippen molar-refractivity contribution in [3.63, 3.8) is 0 Å². The number of carbonyl (C=O) groups is 3. The minimum absolute atomic E-state index is 0.0884. The van der Waals surface area contributed by atoms with Crippen molar-refractivity contribution in [2.24, 2.45) is 0 Å². The van der Waals surface area contributed by atoms with Crippen LogP contribution in [-0.4, -0.2) is 73.7 Å². The molecule has 0 atom stereocenters. The van der Waals surface area contributed by atoms with Crippen LogP contribution in [0.1, 0.15) is 46.0 Å². The molecule has 1 aliphatic heterocycles. The van der Waals surface area contributed by atoms with Crippen LogP contribution in [0.3, 0.4) is 0 Å². The second-order valence-electron chi connectivity index (χ2n) is 6.38. The molecular weight excluding hydrogens is 338 g/mol. The molecule has 0 aromatic carbocycles. The van der Waals surface area contributed by atoms with Crippen molar-refractivity contribution in [2.75, 3.05) is 45.9 Å². The number of aromatic amines is 1. The van der Waals surface area contributed by atoms with Gasteiger partial charge in [0.2, 0.25) is 5.78 Å². The van der Waals surface area contributed by atoms with Gasteiger partial charge in [-0.1, -0.05) is 0 Å². The first-order chi connectivity index (χ1) is 12.4. The SMILES string of the molecule is CCOC(=O)c1c(C)[nH]c(C)c1C(=O)C[NH+]1CCN(C(=O)OCC)CC1. The minimum Gasteiger partial charge on any atom is -0.462 e. The number of ether oxygens (including phenoxy) is 2. The average molecular weight is 366 g/mol. The third kappa shape index (κ3) is 4.43. The Balaban J connectivity index is 2.03. The van der Waals surface area contributed by atoms with E-state index in [1.807, 2.05) is 0 Å². The molecule has 0 aliphatic carbocycles. The fraction of sp³-hybridized carbons (Fsp3) is 0.611. The van der Waals surface area contributed by atoms with Gasteiger partial charge in [-0.05, 0) is 27.7 Å². The Kier molecular flexibility index (Phi) is 6.79. The number of ketones is 1. The van der Waals surface area contributed by atoms with Crippen LogP contribution in [0.25, 0.3) is 0 Å². The number of carbonyl (C=O) groups excluding carboxylic acids is 3. The molecule has 1 amide bonds. The average Bonchev–Trinajstić information content (AvgIpc) is 2.90. The number of hydrogen-bond acceptors (Lipinski definition) is 5. The minimum atomic E-state index is -0.472. The van der Waals surface area contributed by atoms with Crippen LogP contribution in [0, 0.1) is 13.8 Å². The fourth-order valence-corrected chi connectivity index (χ4v) is 3.30. The summed E-state index contributed by atoms with van der Waals surface area (Å²) in [5, 5.41) is 0. The predicted molar refractivity (Wildman–Crippen MR) is 94.7 cm³/mol. The number of quaternary nitrogens is 1. The highest BCUT2D eigenvalue weighted by Gasteiger charge is 2.30. The highest BCUT2D eigenvalue weighted by atomic mass is 16.6. The molecule has 1 aliphatic rings. The number of H-pyrrole nitrogens is 1. The van der Waals surface area contributed by atoms with E-state index < -0.39 is 5.97 Å². The summed E-state index contributed by atoms with van der Waals surface area (Å²) in [7, 11) is 0. The zero-order chi connectivity index (χ0) is 19.3. The number of esters is 1. The summed E-state index contributed by atoms with van der Waals surface area (Å²) in [5.41, 5.74) is 2.08. The quantitative estimate of drug-likeness (QED) is 0.560. The number of nitrogens with zero attached hydrogens (tertiary/aromatic N) is 1. The number of nitrogens with one attached hydrogen (secondary N) is 2. The lowest BCUT2D eigenvalue weighted by Crippen LogP contribution is -3.15. The van der Waals surface area contributed by atoms with Gasteiger partial charge in [-0.25, -0.2) is 9.59 Å². The topological polar surface area (TPSA) is 93.1 Å². The van der Waals surface area contributed by atoms with Gasteiger partial charge in [-0.15, -0.1) is 0 Å². The fourth-order valence-electron chi connectivity index (χ4n) is 3.30. The van der Waals surface area contributed by atoms with Gasteiger partial charge in [0, 0.05) is 11.4 Å². The van der Waals surface area contributed by atoms with E-state index in [-0.39, 0.29) is 25.0 Å². The van der Waals surface area contributed by atoms with Crippen molar-refractivity contribution >= 4 is 17.8 Å². The maximum atomic E-state index is 12.8. The Morgan fingerprint density at radius 2 is 1.58 bits per heavy atom. The molecule has 0 saturated carbocycles. The van der Waals surface area contributed by atoms with E-state index in [0.29, 0.717) is 55.3 Å². The number of Topliss-reactive ketones (excluding diaryl/α,β-unsaturated/α-hetero) is 1. The number of hydrogen-bond donors (Lipinski definition) is 2. The molecule has 1 saturated heterocycles. The van der Waals surface area contributed by atoms with Crippen LogP contribution in [0.15, 0.2) is 0 Å². The van der Waals surface area contributed by atoms with Gasteiger partial charge in [-0.2, -0.15) is 0 Å². The van der Waals surface area contributed by atoms with E-state index in [1.165, 1.54) is 0 Å². The lowest BCUT2D eigenvalue weighted by atomic mass is 10.0. The monoisotopic (exact) mass is 366 g/mol.